The van der Waals surface area contributed by atoms with Gasteiger partial charge in [-0.3, -0.25) is 0 Å². The van der Waals surface area contributed by atoms with Crippen LogP contribution >= 0.6 is 0 Å². The highest BCUT2D eigenvalue weighted by Gasteiger charge is 2.29. The minimum atomic E-state index is -3.45. The molecule has 0 aliphatic heterocycles. The fraction of sp³-hybridized carbons (Fsp3) is 0.684. The average Bonchev–Trinajstić information content (AvgIpc) is 2.61. The Labute approximate surface area is 153 Å². The molecule has 1 aromatic rings. The summed E-state index contributed by atoms with van der Waals surface area (Å²) < 4.78 is 29.6. The van der Waals surface area contributed by atoms with Crippen LogP contribution in [0.15, 0.2) is 30.3 Å². The van der Waals surface area contributed by atoms with Gasteiger partial charge in [0.2, 0.25) is 0 Å². The molecule has 1 aliphatic carbocycles. The summed E-state index contributed by atoms with van der Waals surface area (Å²) in [5.74, 6) is 0. The third-order valence-electron chi connectivity index (χ3n) is 5.07. The lowest BCUT2D eigenvalue weighted by molar-refractivity contribution is 0.279. The summed E-state index contributed by atoms with van der Waals surface area (Å²) in [5, 5.41) is 3.52. The molecule has 0 aromatic heterocycles. The summed E-state index contributed by atoms with van der Waals surface area (Å²) in [6.07, 6.45) is 5.37. The molecule has 0 spiro atoms. The predicted molar refractivity (Wildman–Crippen MR) is 104 cm³/mol. The first-order chi connectivity index (χ1) is 11.7. The highest BCUT2D eigenvalue weighted by atomic mass is 32.2. The van der Waals surface area contributed by atoms with Crippen molar-refractivity contribution in [3.63, 3.8) is 0 Å². The Bertz CT molecular complexity index is 625. The third kappa shape index (κ3) is 6.06. The van der Waals surface area contributed by atoms with Crippen LogP contribution in [-0.4, -0.2) is 37.9 Å². The number of rotatable bonds is 8. The van der Waals surface area contributed by atoms with Crippen molar-refractivity contribution in [3.8, 4) is 0 Å². The molecule has 142 valence electrons. The molecular formula is C19H33N3O2S. The van der Waals surface area contributed by atoms with Crippen LogP contribution in [-0.2, 0) is 10.2 Å². The van der Waals surface area contributed by atoms with Gasteiger partial charge in [-0.15, -0.1) is 0 Å². The van der Waals surface area contributed by atoms with Crippen LogP contribution in [0.25, 0.3) is 0 Å². The Morgan fingerprint density at radius 2 is 1.76 bits per heavy atom. The molecule has 1 saturated carbocycles. The molecule has 1 aromatic carbocycles. The molecule has 2 rings (SSSR count). The summed E-state index contributed by atoms with van der Waals surface area (Å²) in [5.41, 5.74) is 0.841. The average molecular weight is 368 g/mol. The summed E-state index contributed by atoms with van der Waals surface area (Å²) in [6.45, 7) is 6.49. The van der Waals surface area contributed by atoms with Crippen molar-refractivity contribution >= 4 is 10.2 Å². The molecule has 0 radical (unpaired) electrons. The van der Waals surface area contributed by atoms with E-state index < -0.39 is 10.2 Å². The second-order valence-electron chi connectivity index (χ2n) is 7.79. The minimum Gasteiger partial charge on any atom is -0.304 e. The van der Waals surface area contributed by atoms with Crippen LogP contribution in [0.5, 0.6) is 0 Å². The minimum absolute atomic E-state index is 0.130. The molecule has 0 heterocycles. The van der Waals surface area contributed by atoms with E-state index >= 15 is 0 Å². The van der Waals surface area contributed by atoms with Gasteiger partial charge in [-0.1, -0.05) is 49.6 Å². The summed E-state index contributed by atoms with van der Waals surface area (Å²) in [6, 6.07) is 10.5. The summed E-state index contributed by atoms with van der Waals surface area (Å²) in [4.78, 5) is 0. The Kier molecular flexibility index (Phi) is 7.02. The SMILES string of the molecule is CC(NC(C)(C)CNS(=O)(=O)N(C)C1CCCCC1)c1ccccc1. The van der Waals surface area contributed by atoms with Crippen LogP contribution < -0.4 is 10.0 Å². The van der Waals surface area contributed by atoms with Crippen LogP contribution in [0.1, 0.15) is 64.5 Å². The first-order valence-corrected chi connectivity index (χ1v) is 10.7. The van der Waals surface area contributed by atoms with Gasteiger partial charge in [0, 0.05) is 31.2 Å². The quantitative estimate of drug-likeness (QED) is 0.742. The molecule has 0 saturated heterocycles. The topological polar surface area (TPSA) is 61.4 Å². The lowest BCUT2D eigenvalue weighted by Gasteiger charge is -2.34. The molecule has 1 unspecified atom stereocenters. The van der Waals surface area contributed by atoms with Crippen molar-refractivity contribution < 1.29 is 8.42 Å². The maximum absolute atomic E-state index is 12.6. The van der Waals surface area contributed by atoms with E-state index in [1.54, 1.807) is 7.05 Å². The molecule has 5 nitrogen and oxygen atoms in total. The lowest BCUT2D eigenvalue weighted by atomic mass is 9.96. The van der Waals surface area contributed by atoms with E-state index in [0.29, 0.717) is 6.54 Å². The number of hydrogen-bond acceptors (Lipinski definition) is 3. The van der Waals surface area contributed by atoms with E-state index in [0.717, 1.165) is 25.7 Å². The zero-order chi connectivity index (χ0) is 18.5. The Hall–Kier alpha value is -0.950. The first kappa shape index (κ1) is 20.4. The van der Waals surface area contributed by atoms with Crippen LogP contribution in [0, 0.1) is 0 Å². The van der Waals surface area contributed by atoms with Crippen molar-refractivity contribution in [3.05, 3.63) is 35.9 Å². The zero-order valence-corrected chi connectivity index (χ0v) is 16.8. The largest absolute Gasteiger partial charge is 0.304 e. The molecule has 25 heavy (non-hydrogen) atoms. The van der Waals surface area contributed by atoms with E-state index in [4.69, 9.17) is 0 Å². The van der Waals surface area contributed by atoms with Gasteiger partial charge in [0.15, 0.2) is 0 Å². The van der Waals surface area contributed by atoms with Crippen LogP contribution in [0.2, 0.25) is 0 Å². The van der Waals surface area contributed by atoms with Gasteiger partial charge < -0.3 is 5.32 Å². The fourth-order valence-electron chi connectivity index (χ4n) is 3.48. The van der Waals surface area contributed by atoms with Crippen LogP contribution in [0.3, 0.4) is 0 Å². The van der Waals surface area contributed by atoms with Gasteiger partial charge in [-0.2, -0.15) is 12.7 Å². The number of nitrogens with zero attached hydrogens (tertiary/aromatic N) is 1. The highest BCUT2D eigenvalue weighted by Crippen LogP contribution is 2.23. The Morgan fingerprint density at radius 1 is 1.16 bits per heavy atom. The second kappa shape index (κ2) is 8.62. The molecule has 0 bridgehead atoms. The van der Waals surface area contributed by atoms with E-state index in [-0.39, 0.29) is 17.6 Å². The van der Waals surface area contributed by atoms with Gasteiger partial charge in [-0.25, -0.2) is 4.72 Å². The van der Waals surface area contributed by atoms with Gasteiger partial charge in [0.25, 0.3) is 10.2 Å². The summed E-state index contributed by atoms with van der Waals surface area (Å²) >= 11 is 0. The number of nitrogens with one attached hydrogen (secondary N) is 2. The van der Waals surface area contributed by atoms with E-state index in [2.05, 4.69) is 29.1 Å². The third-order valence-corrected chi connectivity index (χ3v) is 6.64. The standard InChI is InChI=1S/C19H33N3O2S/c1-16(17-11-7-5-8-12-17)21-19(2,3)15-20-25(23,24)22(4)18-13-9-6-10-14-18/h5,7-8,11-12,16,18,20-21H,6,9-10,13-15H2,1-4H3. The van der Waals surface area contributed by atoms with E-state index in [9.17, 15) is 8.42 Å². The molecule has 2 N–H and O–H groups in total. The monoisotopic (exact) mass is 367 g/mol. The van der Waals surface area contributed by atoms with E-state index in [1.165, 1.54) is 16.3 Å². The van der Waals surface area contributed by atoms with Crippen LogP contribution in [0.4, 0.5) is 0 Å². The fourth-order valence-corrected chi connectivity index (χ4v) is 4.83. The van der Waals surface area contributed by atoms with Crippen molar-refractivity contribution in [2.45, 2.75) is 70.5 Å². The normalized spacial score (nSPS) is 18.4. The van der Waals surface area contributed by atoms with Gasteiger partial charge >= 0.3 is 0 Å². The number of hydrogen-bond donors (Lipinski definition) is 2. The molecule has 1 fully saturated rings. The second-order valence-corrected chi connectivity index (χ2v) is 9.61. The van der Waals surface area contributed by atoms with E-state index in [1.807, 2.05) is 32.0 Å². The van der Waals surface area contributed by atoms with Crippen molar-refractivity contribution in [2.75, 3.05) is 13.6 Å². The summed E-state index contributed by atoms with van der Waals surface area (Å²) in [7, 11) is -1.75. The predicted octanol–water partition coefficient (Wildman–Crippen LogP) is 3.21. The number of benzene rings is 1. The van der Waals surface area contributed by atoms with Gasteiger partial charge in [-0.05, 0) is 39.2 Å². The Balaban J connectivity index is 1.91. The first-order valence-electron chi connectivity index (χ1n) is 9.26. The molecule has 0 amide bonds. The zero-order valence-electron chi connectivity index (χ0n) is 16.0. The molecule has 6 heteroatoms. The maximum atomic E-state index is 12.6. The smallest absolute Gasteiger partial charge is 0.279 e. The molecule has 1 aliphatic rings. The van der Waals surface area contributed by atoms with Gasteiger partial charge in [0.05, 0.1) is 0 Å². The van der Waals surface area contributed by atoms with Crippen molar-refractivity contribution in [2.24, 2.45) is 0 Å². The molecular weight excluding hydrogens is 334 g/mol. The maximum Gasteiger partial charge on any atom is 0.279 e. The lowest BCUT2D eigenvalue weighted by Crippen LogP contribution is -2.53. The molecule has 1 atom stereocenters. The highest BCUT2D eigenvalue weighted by molar-refractivity contribution is 7.87. The van der Waals surface area contributed by atoms with Crippen molar-refractivity contribution in [1.82, 2.24) is 14.3 Å². The Morgan fingerprint density at radius 3 is 2.36 bits per heavy atom. The van der Waals surface area contributed by atoms with Crippen molar-refractivity contribution in [1.29, 1.82) is 0 Å². The van der Waals surface area contributed by atoms with Gasteiger partial charge in [0.1, 0.15) is 0 Å².